The van der Waals surface area contributed by atoms with Crippen molar-refractivity contribution in [2.45, 2.75) is 251 Å². The number of phosphoric ester groups is 1. The number of unbranched alkanes of at least 4 members (excludes halogenated alkanes) is 32. The van der Waals surface area contributed by atoms with Crippen molar-refractivity contribution in [3.63, 3.8) is 0 Å². The van der Waals surface area contributed by atoms with Gasteiger partial charge in [0.15, 0.2) is 6.10 Å². The van der Waals surface area contributed by atoms with Crippen LogP contribution in [0.15, 0.2) is 0 Å². The second-order valence-electron chi connectivity index (χ2n) is 18.2. The lowest BCUT2D eigenvalue weighted by Crippen LogP contribution is -2.37. The molecule has 9 nitrogen and oxygen atoms in total. The van der Waals surface area contributed by atoms with Crippen LogP contribution in [0.4, 0.5) is 0 Å². The molecule has 0 fully saturated rings. The van der Waals surface area contributed by atoms with Crippen molar-refractivity contribution in [3.05, 3.63) is 0 Å². The van der Waals surface area contributed by atoms with Crippen LogP contribution in [0.5, 0.6) is 0 Å². The molecule has 0 aromatic rings. The zero-order valence-electron chi connectivity index (χ0n) is 39.0. The summed E-state index contributed by atoms with van der Waals surface area (Å²) in [5.74, 6) is -0.818. The Balaban J connectivity index is 4.14. The van der Waals surface area contributed by atoms with Crippen molar-refractivity contribution >= 4 is 19.8 Å². The van der Waals surface area contributed by atoms with Gasteiger partial charge in [0.1, 0.15) is 19.8 Å². The Morgan fingerprint density at radius 1 is 0.466 bits per heavy atom. The van der Waals surface area contributed by atoms with E-state index in [0.29, 0.717) is 17.4 Å². The highest BCUT2D eigenvalue weighted by Gasteiger charge is 2.21. The van der Waals surface area contributed by atoms with Gasteiger partial charge in [-0.05, 0) is 12.8 Å². The second-order valence-corrected chi connectivity index (χ2v) is 19.6. The molecule has 0 aliphatic rings. The third-order valence-electron chi connectivity index (χ3n) is 11.1. The SMILES string of the molecule is CCCCCCCCCCCCCCCCCCCCCCCCCC(=O)OC(COC(=O)CCCCCCCCCCCCC)COP(=O)([O-])OCC[N+](C)(C)C. The van der Waals surface area contributed by atoms with E-state index in [2.05, 4.69) is 13.8 Å². The van der Waals surface area contributed by atoms with E-state index in [-0.39, 0.29) is 32.0 Å². The minimum Gasteiger partial charge on any atom is -0.756 e. The first-order chi connectivity index (χ1) is 28.0. The van der Waals surface area contributed by atoms with Crippen LogP contribution >= 0.6 is 7.82 Å². The second kappa shape index (κ2) is 41.4. The number of nitrogens with zero attached hydrogens (tertiary/aromatic N) is 1. The van der Waals surface area contributed by atoms with Crippen molar-refractivity contribution in [2.24, 2.45) is 0 Å². The number of hydrogen-bond donors (Lipinski definition) is 0. The van der Waals surface area contributed by atoms with E-state index in [1.54, 1.807) is 0 Å². The average Bonchev–Trinajstić information content (AvgIpc) is 3.17. The lowest BCUT2D eigenvalue weighted by atomic mass is 10.0. The summed E-state index contributed by atoms with van der Waals surface area (Å²) in [6.07, 6.45) is 42.8. The summed E-state index contributed by atoms with van der Waals surface area (Å²) in [4.78, 5) is 37.6. The predicted molar refractivity (Wildman–Crippen MR) is 241 cm³/mol. The van der Waals surface area contributed by atoms with Crippen LogP contribution in [-0.4, -0.2) is 70.0 Å². The molecule has 0 rings (SSSR count). The third kappa shape index (κ3) is 44.6. The monoisotopic (exact) mass is 846 g/mol. The molecule has 0 saturated carbocycles. The fourth-order valence-electron chi connectivity index (χ4n) is 7.25. The zero-order valence-corrected chi connectivity index (χ0v) is 39.9. The summed E-state index contributed by atoms with van der Waals surface area (Å²) >= 11 is 0. The van der Waals surface area contributed by atoms with E-state index in [9.17, 15) is 19.0 Å². The molecule has 0 aliphatic heterocycles. The number of carbonyl (C=O) groups excluding carboxylic acids is 2. The van der Waals surface area contributed by atoms with Gasteiger partial charge in [-0.3, -0.25) is 14.2 Å². The number of esters is 2. The Bertz CT molecular complexity index is 958. The van der Waals surface area contributed by atoms with Crippen molar-refractivity contribution in [1.82, 2.24) is 0 Å². The molecular formula is C48H96NO8P. The van der Waals surface area contributed by atoms with Gasteiger partial charge in [-0.25, -0.2) is 0 Å². The molecule has 0 saturated heterocycles. The number of hydrogen-bond acceptors (Lipinski definition) is 8. The highest BCUT2D eigenvalue weighted by molar-refractivity contribution is 7.45. The highest BCUT2D eigenvalue weighted by Crippen LogP contribution is 2.38. The van der Waals surface area contributed by atoms with Crippen LogP contribution in [0.25, 0.3) is 0 Å². The number of ether oxygens (including phenoxy) is 2. The maximum Gasteiger partial charge on any atom is 0.306 e. The van der Waals surface area contributed by atoms with Crippen LogP contribution < -0.4 is 4.89 Å². The molecule has 0 N–H and O–H groups in total. The zero-order chi connectivity index (χ0) is 42.8. The number of carbonyl (C=O) groups is 2. The van der Waals surface area contributed by atoms with Crippen molar-refractivity contribution in [3.8, 4) is 0 Å². The summed E-state index contributed by atoms with van der Waals surface area (Å²) in [5, 5.41) is 0. The van der Waals surface area contributed by atoms with Crippen LogP contribution in [0, 0.1) is 0 Å². The first-order valence-electron chi connectivity index (χ1n) is 24.7. The summed E-state index contributed by atoms with van der Waals surface area (Å²) in [6.45, 7) is 4.27. The standard InChI is InChI=1S/C48H96NO8P/c1-6-8-10-12-14-16-18-19-20-21-22-23-24-25-26-27-28-29-31-33-35-37-39-41-48(51)57-46(45-56-58(52,53)55-43-42-49(3,4)5)44-54-47(50)40-38-36-34-32-30-17-15-13-11-9-7-2/h46H,6-45H2,1-5H3. The van der Waals surface area contributed by atoms with Crippen LogP contribution in [0.1, 0.15) is 245 Å². The van der Waals surface area contributed by atoms with Crippen LogP contribution in [-0.2, 0) is 32.7 Å². The van der Waals surface area contributed by atoms with E-state index < -0.39 is 26.5 Å². The number of likely N-dealkylation sites (N-methyl/N-ethyl adjacent to an activating group) is 1. The lowest BCUT2D eigenvalue weighted by Gasteiger charge is -2.28. The van der Waals surface area contributed by atoms with Gasteiger partial charge in [0.05, 0.1) is 27.7 Å². The van der Waals surface area contributed by atoms with Crippen LogP contribution in [0.3, 0.4) is 0 Å². The summed E-state index contributed by atoms with van der Waals surface area (Å²) < 4.78 is 34.0. The Morgan fingerprint density at radius 3 is 1.10 bits per heavy atom. The lowest BCUT2D eigenvalue weighted by molar-refractivity contribution is -0.870. The Hall–Kier alpha value is -0.990. The van der Waals surface area contributed by atoms with Gasteiger partial charge < -0.3 is 27.9 Å². The maximum absolute atomic E-state index is 12.7. The van der Waals surface area contributed by atoms with Crippen molar-refractivity contribution in [2.75, 3.05) is 47.5 Å². The number of phosphoric acid groups is 1. The molecule has 0 spiro atoms. The molecule has 0 amide bonds. The molecule has 0 heterocycles. The Kier molecular flexibility index (Phi) is 40.7. The molecule has 0 bridgehead atoms. The maximum atomic E-state index is 12.7. The highest BCUT2D eigenvalue weighted by atomic mass is 31.2. The van der Waals surface area contributed by atoms with Gasteiger partial charge >= 0.3 is 11.9 Å². The molecule has 10 heteroatoms. The van der Waals surface area contributed by atoms with Gasteiger partial charge in [-0.1, -0.05) is 219 Å². The molecular weight excluding hydrogens is 750 g/mol. The molecule has 0 radical (unpaired) electrons. The van der Waals surface area contributed by atoms with Crippen molar-refractivity contribution in [1.29, 1.82) is 0 Å². The normalized spacial score (nSPS) is 13.4. The summed E-state index contributed by atoms with van der Waals surface area (Å²) in [6, 6.07) is 0. The van der Waals surface area contributed by atoms with Gasteiger partial charge in [0.25, 0.3) is 7.82 Å². The van der Waals surface area contributed by atoms with E-state index in [0.717, 1.165) is 32.1 Å². The third-order valence-corrected chi connectivity index (χ3v) is 12.1. The van der Waals surface area contributed by atoms with Crippen LogP contribution in [0.2, 0.25) is 0 Å². The first-order valence-corrected chi connectivity index (χ1v) is 26.2. The quantitative estimate of drug-likeness (QED) is 0.0258. The molecule has 346 valence electrons. The smallest absolute Gasteiger partial charge is 0.306 e. The topological polar surface area (TPSA) is 111 Å². The number of rotatable bonds is 46. The van der Waals surface area contributed by atoms with Gasteiger partial charge in [0, 0.05) is 12.8 Å². The molecule has 0 aromatic carbocycles. The van der Waals surface area contributed by atoms with E-state index in [1.807, 2.05) is 21.1 Å². The molecule has 0 aromatic heterocycles. The summed E-state index contributed by atoms with van der Waals surface area (Å²) in [5.41, 5.74) is 0. The first kappa shape index (κ1) is 57.0. The minimum atomic E-state index is -4.62. The fourth-order valence-corrected chi connectivity index (χ4v) is 7.97. The average molecular weight is 846 g/mol. The molecule has 2 unspecified atom stereocenters. The predicted octanol–water partition coefficient (Wildman–Crippen LogP) is 13.7. The van der Waals surface area contributed by atoms with Crippen molar-refractivity contribution < 1.29 is 42.1 Å². The van der Waals surface area contributed by atoms with E-state index >= 15 is 0 Å². The Morgan fingerprint density at radius 2 is 0.776 bits per heavy atom. The van der Waals surface area contributed by atoms with Gasteiger partial charge in [0.2, 0.25) is 0 Å². The Labute approximate surface area is 359 Å². The van der Waals surface area contributed by atoms with Gasteiger partial charge in [-0.2, -0.15) is 0 Å². The molecule has 0 aliphatic carbocycles. The largest absolute Gasteiger partial charge is 0.756 e. The molecule has 2 atom stereocenters. The van der Waals surface area contributed by atoms with Gasteiger partial charge in [-0.15, -0.1) is 0 Å². The minimum absolute atomic E-state index is 0.0256. The summed E-state index contributed by atoms with van der Waals surface area (Å²) in [7, 11) is 1.18. The van der Waals surface area contributed by atoms with E-state index in [4.69, 9.17) is 18.5 Å². The fraction of sp³-hybridized carbons (Fsp3) is 0.958. The number of quaternary nitrogens is 1. The van der Waals surface area contributed by atoms with E-state index in [1.165, 1.54) is 180 Å². The molecule has 58 heavy (non-hydrogen) atoms.